The maximum Gasteiger partial charge on any atom is 0.251 e. The molecule has 5 nitrogen and oxygen atoms in total. The first kappa shape index (κ1) is 13.4. The van der Waals surface area contributed by atoms with Crippen LogP contribution in [0.25, 0.3) is 0 Å². The summed E-state index contributed by atoms with van der Waals surface area (Å²) in [5, 5.41) is 3.12. The van der Waals surface area contributed by atoms with Crippen molar-refractivity contribution in [2.24, 2.45) is 0 Å². The second-order valence-electron chi connectivity index (χ2n) is 4.21. The summed E-state index contributed by atoms with van der Waals surface area (Å²) >= 11 is 5.84. The number of benzene rings is 1. The van der Waals surface area contributed by atoms with E-state index in [0.717, 1.165) is 11.5 Å². The Morgan fingerprint density at radius 3 is 2.74 bits per heavy atom. The fourth-order valence-corrected chi connectivity index (χ4v) is 1.86. The fourth-order valence-electron chi connectivity index (χ4n) is 1.62. The Morgan fingerprint density at radius 1 is 1.42 bits per heavy atom. The Hall–Kier alpha value is -2.01. The van der Waals surface area contributed by atoms with Crippen molar-refractivity contribution in [3.05, 3.63) is 46.1 Å². The molecular weight excluding hydrogens is 266 g/mol. The largest absolute Gasteiger partial charge is 0.444 e. The lowest BCUT2D eigenvalue weighted by Gasteiger charge is -2.04. The fraction of sp³-hybridized carbons (Fsp3) is 0.231. The van der Waals surface area contributed by atoms with Crippen LogP contribution in [0.3, 0.4) is 0 Å². The van der Waals surface area contributed by atoms with Crippen molar-refractivity contribution in [3.63, 3.8) is 0 Å². The molecule has 19 heavy (non-hydrogen) atoms. The van der Waals surface area contributed by atoms with E-state index in [1.807, 2.05) is 13.8 Å². The van der Waals surface area contributed by atoms with Crippen molar-refractivity contribution in [2.75, 3.05) is 5.73 Å². The minimum atomic E-state index is -0.275. The number of nitrogen functional groups attached to an aromatic ring is 1. The molecule has 0 fully saturated rings. The second kappa shape index (κ2) is 5.32. The van der Waals surface area contributed by atoms with E-state index in [2.05, 4.69) is 10.3 Å². The predicted octanol–water partition coefficient (Wildman–Crippen LogP) is 2.46. The molecule has 3 N–H and O–H groups in total. The smallest absolute Gasteiger partial charge is 0.251 e. The van der Waals surface area contributed by atoms with Gasteiger partial charge in [-0.25, -0.2) is 4.98 Å². The van der Waals surface area contributed by atoms with Crippen molar-refractivity contribution < 1.29 is 9.21 Å². The van der Waals surface area contributed by atoms with E-state index in [9.17, 15) is 4.79 Å². The summed E-state index contributed by atoms with van der Waals surface area (Å²) in [7, 11) is 0. The third-order valence-electron chi connectivity index (χ3n) is 2.66. The van der Waals surface area contributed by atoms with Crippen LogP contribution in [0.2, 0.25) is 5.02 Å². The van der Waals surface area contributed by atoms with E-state index in [1.165, 1.54) is 0 Å². The molecule has 2 aromatic rings. The van der Waals surface area contributed by atoms with Gasteiger partial charge in [0, 0.05) is 16.3 Å². The summed E-state index contributed by atoms with van der Waals surface area (Å²) in [6.45, 7) is 3.90. The van der Waals surface area contributed by atoms with Crippen LogP contribution < -0.4 is 11.1 Å². The number of anilines is 1. The van der Waals surface area contributed by atoms with E-state index in [-0.39, 0.29) is 12.5 Å². The molecule has 100 valence electrons. The van der Waals surface area contributed by atoms with Crippen LogP contribution in [0, 0.1) is 13.8 Å². The summed E-state index contributed by atoms with van der Waals surface area (Å²) in [5.41, 5.74) is 7.30. The van der Waals surface area contributed by atoms with Gasteiger partial charge in [0.15, 0.2) is 0 Å². The van der Waals surface area contributed by atoms with Gasteiger partial charge < -0.3 is 15.5 Å². The number of nitrogens with two attached hydrogens (primary N) is 1. The third kappa shape index (κ3) is 3.26. The number of carbonyl (C=O) groups is 1. The van der Waals surface area contributed by atoms with E-state index < -0.39 is 0 Å². The van der Waals surface area contributed by atoms with Crippen LogP contribution in [0.5, 0.6) is 0 Å². The Morgan fingerprint density at radius 2 is 2.16 bits per heavy atom. The normalized spacial score (nSPS) is 10.5. The number of nitrogens with one attached hydrogen (secondary N) is 1. The monoisotopic (exact) mass is 279 g/mol. The number of amides is 1. The molecule has 1 aromatic carbocycles. The van der Waals surface area contributed by atoms with Gasteiger partial charge in [0.2, 0.25) is 5.89 Å². The first-order valence-corrected chi connectivity index (χ1v) is 6.10. The lowest BCUT2D eigenvalue weighted by molar-refractivity contribution is 0.0947. The molecule has 6 heteroatoms. The summed E-state index contributed by atoms with van der Waals surface area (Å²) in [4.78, 5) is 16.1. The van der Waals surface area contributed by atoms with E-state index in [1.54, 1.807) is 18.2 Å². The Labute approximate surface area is 115 Å². The summed E-state index contributed by atoms with van der Waals surface area (Å²) < 4.78 is 5.37. The molecule has 0 atom stereocenters. The Bertz CT molecular complexity index is 583. The van der Waals surface area contributed by atoms with Gasteiger partial charge in [0.1, 0.15) is 5.76 Å². The number of carbonyl (C=O) groups excluding carboxylic acids is 1. The average Bonchev–Trinajstić information content (AvgIpc) is 2.64. The first-order valence-electron chi connectivity index (χ1n) is 5.73. The lowest BCUT2D eigenvalue weighted by Crippen LogP contribution is -2.23. The van der Waals surface area contributed by atoms with Crippen molar-refractivity contribution in [2.45, 2.75) is 20.4 Å². The maximum atomic E-state index is 11.9. The van der Waals surface area contributed by atoms with E-state index in [4.69, 9.17) is 21.8 Å². The van der Waals surface area contributed by atoms with Crippen molar-refractivity contribution in [1.82, 2.24) is 10.3 Å². The Kier molecular flexibility index (Phi) is 3.76. The summed E-state index contributed by atoms with van der Waals surface area (Å²) in [6, 6.07) is 4.70. The van der Waals surface area contributed by atoms with Crippen LogP contribution in [-0.4, -0.2) is 10.9 Å². The molecule has 0 saturated heterocycles. The highest BCUT2D eigenvalue weighted by Crippen LogP contribution is 2.16. The zero-order valence-electron chi connectivity index (χ0n) is 10.7. The zero-order valence-corrected chi connectivity index (χ0v) is 11.4. The zero-order chi connectivity index (χ0) is 14.0. The number of hydrogen-bond donors (Lipinski definition) is 2. The molecule has 1 aromatic heterocycles. The van der Waals surface area contributed by atoms with Crippen LogP contribution in [0.4, 0.5) is 5.69 Å². The number of aryl methyl sites for hydroxylation is 2. The van der Waals surface area contributed by atoms with Gasteiger partial charge in [-0.15, -0.1) is 0 Å². The van der Waals surface area contributed by atoms with Crippen molar-refractivity contribution in [1.29, 1.82) is 0 Å². The molecule has 0 spiro atoms. The van der Waals surface area contributed by atoms with Gasteiger partial charge >= 0.3 is 0 Å². The van der Waals surface area contributed by atoms with Gasteiger partial charge in [0.05, 0.1) is 12.2 Å². The number of hydrogen-bond acceptors (Lipinski definition) is 4. The molecular formula is C13H14ClN3O2. The van der Waals surface area contributed by atoms with E-state index in [0.29, 0.717) is 22.2 Å². The van der Waals surface area contributed by atoms with Crippen LogP contribution in [0.15, 0.2) is 22.6 Å². The van der Waals surface area contributed by atoms with Gasteiger partial charge in [-0.05, 0) is 32.0 Å². The quantitative estimate of drug-likeness (QED) is 0.846. The topological polar surface area (TPSA) is 81.2 Å². The predicted molar refractivity (Wildman–Crippen MR) is 73.0 cm³/mol. The van der Waals surface area contributed by atoms with Crippen molar-refractivity contribution in [3.8, 4) is 0 Å². The Balaban J connectivity index is 2.05. The van der Waals surface area contributed by atoms with Crippen LogP contribution in [-0.2, 0) is 6.54 Å². The second-order valence-corrected chi connectivity index (χ2v) is 4.64. The molecule has 0 bridgehead atoms. The molecule has 1 heterocycles. The first-order chi connectivity index (χ1) is 8.95. The third-order valence-corrected chi connectivity index (χ3v) is 2.87. The number of rotatable bonds is 3. The minimum Gasteiger partial charge on any atom is -0.444 e. The molecule has 0 aliphatic carbocycles. The number of nitrogens with zero attached hydrogens (tertiary/aromatic N) is 1. The standard InChI is InChI=1S/C13H14ClN3O2/c1-7-8(2)19-12(17-7)6-16-13(18)9-3-10(14)5-11(15)4-9/h3-5H,6,15H2,1-2H3,(H,16,18). The highest BCUT2D eigenvalue weighted by Gasteiger charge is 2.10. The van der Waals surface area contributed by atoms with Gasteiger partial charge in [-0.3, -0.25) is 4.79 Å². The maximum absolute atomic E-state index is 11.9. The average molecular weight is 280 g/mol. The van der Waals surface area contributed by atoms with Gasteiger partial charge in [-0.2, -0.15) is 0 Å². The molecule has 0 aliphatic heterocycles. The molecule has 0 unspecified atom stereocenters. The molecule has 0 saturated carbocycles. The molecule has 0 radical (unpaired) electrons. The number of oxazole rings is 1. The SMILES string of the molecule is Cc1nc(CNC(=O)c2cc(N)cc(Cl)c2)oc1C. The van der Waals surface area contributed by atoms with Gasteiger partial charge in [-0.1, -0.05) is 11.6 Å². The summed E-state index contributed by atoms with van der Waals surface area (Å²) in [5.74, 6) is 0.942. The van der Waals surface area contributed by atoms with E-state index >= 15 is 0 Å². The van der Waals surface area contributed by atoms with Gasteiger partial charge in [0.25, 0.3) is 5.91 Å². The minimum absolute atomic E-state index is 0.222. The highest BCUT2D eigenvalue weighted by atomic mass is 35.5. The molecule has 0 aliphatic rings. The molecule has 1 amide bonds. The summed E-state index contributed by atoms with van der Waals surface area (Å²) in [6.07, 6.45) is 0. The molecule has 2 rings (SSSR count). The lowest BCUT2D eigenvalue weighted by atomic mass is 10.2. The van der Waals surface area contributed by atoms with Crippen molar-refractivity contribution >= 4 is 23.2 Å². The van der Waals surface area contributed by atoms with Crippen LogP contribution >= 0.6 is 11.6 Å². The highest BCUT2D eigenvalue weighted by molar-refractivity contribution is 6.31. The van der Waals surface area contributed by atoms with Crippen LogP contribution in [0.1, 0.15) is 27.7 Å². The number of aromatic nitrogens is 1. The number of halogens is 1.